The van der Waals surface area contributed by atoms with Gasteiger partial charge in [0, 0.05) is 12.1 Å². The predicted molar refractivity (Wildman–Crippen MR) is 77.0 cm³/mol. The van der Waals surface area contributed by atoms with E-state index in [0.29, 0.717) is 17.5 Å². The van der Waals surface area contributed by atoms with Crippen LogP contribution in [0, 0.1) is 5.92 Å². The molecule has 1 N–H and O–H groups in total. The number of nitrogens with one attached hydrogen (secondary N) is 1. The second-order valence-corrected chi connectivity index (χ2v) is 8.72. The molecule has 3 heterocycles. The second kappa shape index (κ2) is 5.70. The summed E-state index contributed by atoms with van der Waals surface area (Å²) < 4.78 is 23.5. The topological polar surface area (TPSA) is 49.4 Å². The van der Waals surface area contributed by atoms with Crippen LogP contribution in [0.2, 0.25) is 0 Å². The molecule has 0 bridgehead atoms. The molecule has 0 radical (unpaired) electrons. The lowest BCUT2D eigenvalue weighted by molar-refractivity contribution is 0.121. The molecule has 0 aromatic rings. The maximum atomic E-state index is 11.7. The minimum absolute atomic E-state index is 0.302. The van der Waals surface area contributed by atoms with Crippen LogP contribution in [-0.2, 0) is 9.84 Å². The van der Waals surface area contributed by atoms with Crippen molar-refractivity contribution in [3.8, 4) is 0 Å². The van der Waals surface area contributed by atoms with Gasteiger partial charge in [-0.1, -0.05) is 0 Å². The Morgan fingerprint density at radius 1 is 1.00 bits per heavy atom. The van der Waals surface area contributed by atoms with Gasteiger partial charge in [0.05, 0.1) is 11.5 Å². The third-order valence-corrected chi connectivity index (χ3v) is 7.00. The van der Waals surface area contributed by atoms with Crippen LogP contribution in [-0.4, -0.2) is 56.5 Å². The minimum Gasteiger partial charge on any atom is -0.314 e. The van der Waals surface area contributed by atoms with E-state index < -0.39 is 9.84 Å². The first-order valence-electron chi connectivity index (χ1n) is 7.82. The van der Waals surface area contributed by atoms with Gasteiger partial charge >= 0.3 is 0 Å². The molecule has 0 spiro atoms. The molecule has 3 aliphatic heterocycles. The number of sulfone groups is 1. The molecule has 5 heteroatoms. The SMILES string of the molecule is O=S1(=O)CCCC(N2CCC(C3CCCN3)CC2)C1. The molecule has 0 aromatic heterocycles. The quantitative estimate of drug-likeness (QED) is 0.824. The smallest absolute Gasteiger partial charge is 0.151 e. The van der Waals surface area contributed by atoms with Gasteiger partial charge in [-0.3, -0.25) is 4.90 Å². The van der Waals surface area contributed by atoms with Gasteiger partial charge in [-0.05, 0) is 64.1 Å². The molecule has 3 aliphatic rings. The highest BCUT2D eigenvalue weighted by Crippen LogP contribution is 2.28. The Morgan fingerprint density at radius 2 is 1.79 bits per heavy atom. The Kier molecular flexibility index (Phi) is 4.15. The van der Waals surface area contributed by atoms with Gasteiger partial charge in [-0.2, -0.15) is 0 Å². The predicted octanol–water partition coefficient (Wildman–Crippen LogP) is 1.03. The average molecular weight is 286 g/mol. The van der Waals surface area contributed by atoms with Crippen LogP contribution in [0.4, 0.5) is 0 Å². The fraction of sp³-hybridized carbons (Fsp3) is 1.00. The zero-order valence-corrected chi connectivity index (χ0v) is 12.5. The van der Waals surface area contributed by atoms with E-state index in [1.807, 2.05) is 0 Å². The lowest BCUT2D eigenvalue weighted by Gasteiger charge is -2.40. The zero-order valence-electron chi connectivity index (χ0n) is 11.7. The van der Waals surface area contributed by atoms with Gasteiger partial charge in [0.2, 0.25) is 0 Å². The number of piperidine rings is 1. The normalized spacial score (nSPS) is 37.5. The fourth-order valence-corrected chi connectivity index (χ4v) is 5.82. The highest BCUT2D eigenvalue weighted by Gasteiger charge is 2.34. The van der Waals surface area contributed by atoms with Gasteiger partial charge in [0.15, 0.2) is 9.84 Å². The first kappa shape index (κ1) is 13.8. The fourth-order valence-electron chi connectivity index (χ4n) is 4.09. The summed E-state index contributed by atoms with van der Waals surface area (Å²) in [5.74, 6) is 1.63. The molecule has 3 rings (SSSR count). The molecular weight excluding hydrogens is 260 g/mol. The molecule has 3 saturated heterocycles. The molecule has 2 atom stereocenters. The van der Waals surface area contributed by atoms with Crippen molar-refractivity contribution in [2.75, 3.05) is 31.1 Å². The van der Waals surface area contributed by atoms with Crippen molar-refractivity contribution < 1.29 is 8.42 Å². The summed E-state index contributed by atoms with van der Waals surface area (Å²) in [6, 6.07) is 1.04. The summed E-state index contributed by atoms with van der Waals surface area (Å²) in [6.07, 6.45) is 7.08. The summed E-state index contributed by atoms with van der Waals surface area (Å²) >= 11 is 0. The van der Waals surface area contributed by atoms with Crippen LogP contribution in [0.1, 0.15) is 38.5 Å². The number of rotatable bonds is 2. The molecule has 0 saturated carbocycles. The number of nitrogens with zero attached hydrogens (tertiary/aromatic N) is 1. The van der Waals surface area contributed by atoms with Crippen molar-refractivity contribution in [1.29, 1.82) is 0 Å². The lowest BCUT2D eigenvalue weighted by atomic mass is 9.88. The molecule has 4 nitrogen and oxygen atoms in total. The molecular formula is C14H26N2O2S. The van der Waals surface area contributed by atoms with E-state index in [0.717, 1.165) is 37.9 Å². The third kappa shape index (κ3) is 3.31. The van der Waals surface area contributed by atoms with Gasteiger partial charge in [-0.25, -0.2) is 8.42 Å². The highest BCUT2D eigenvalue weighted by atomic mass is 32.2. The van der Waals surface area contributed by atoms with E-state index in [1.165, 1.54) is 32.2 Å². The molecule has 19 heavy (non-hydrogen) atoms. The summed E-state index contributed by atoms with van der Waals surface area (Å²) in [7, 11) is -2.76. The van der Waals surface area contributed by atoms with E-state index >= 15 is 0 Å². The molecule has 110 valence electrons. The van der Waals surface area contributed by atoms with Gasteiger partial charge in [0.25, 0.3) is 0 Å². The van der Waals surface area contributed by atoms with Gasteiger partial charge in [-0.15, -0.1) is 0 Å². The Balaban J connectivity index is 1.52. The van der Waals surface area contributed by atoms with Crippen molar-refractivity contribution in [3.05, 3.63) is 0 Å². The third-order valence-electron chi connectivity index (χ3n) is 5.20. The van der Waals surface area contributed by atoms with Crippen molar-refractivity contribution in [2.45, 2.75) is 50.6 Å². The zero-order chi connectivity index (χ0) is 13.3. The van der Waals surface area contributed by atoms with E-state index in [1.54, 1.807) is 0 Å². The monoisotopic (exact) mass is 286 g/mol. The van der Waals surface area contributed by atoms with E-state index in [9.17, 15) is 8.42 Å². The number of hydrogen-bond acceptors (Lipinski definition) is 4. The summed E-state index contributed by atoms with van der Waals surface area (Å²) in [4.78, 5) is 2.45. The van der Waals surface area contributed by atoms with Crippen molar-refractivity contribution in [2.24, 2.45) is 5.92 Å². The molecule has 0 aliphatic carbocycles. The summed E-state index contributed by atoms with van der Waals surface area (Å²) in [5.41, 5.74) is 0. The van der Waals surface area contributed by atoms with Crippen LogP contribution in [0.25, 0.3) is 0 Å². The Bertz CT molecular complexity index is 396. The van der Waals surface area contributed by atoms with Crippen LogP contribution in [0.5, 0.6) is 0 Å². The van der Waals surface area contributed by atoms with Crippen molar-refractivity contribution >= 4 is 9.84 Å². The van der Waals surface area contributed by atoms with E-state index in [4.69, 9.17) is 0 Å². The largest absolute Gasteiger partial charge is 0.314 e. The van der Waals surface area contributed by atoms with Crippen LogP contribution < -0.4 is 5.32 Å². The van der Waals surface area contributed by atoms with Gasteiger partial charge < -0.3 is 5.32 Å². The highest BCUT2D eigenvalue weighted by molar-refractivity contribution is 7.91. The number of likely N-dealkylation sites (tertiary alicyclic amines) is 1. The van der Waals surface area contributed by atoms with E-state index in [-0.39, 0.29) is 0 Å². The van der Waals surface area contributed by atoms with Gasteiger partial charge in [0.1, 0.15) is 0 Å². The summed E-state index contributed by atoms with van der Waals surface area (Å²) in [6.45, 7) is 3.39. The average Bonchev–Trinajstić information content (AvgIpc) is 2.92. The summed E-state index contributed by atoms with van der Waals surface area (Å²) in [5, 5.41) is 3.62. The standard InChI is InChI=1S/C14H26N2O2S/c17-19(18)10-2-3-13(11-19)16-8-5-12(6-9-16)14-4-1-7-15-14/h12-15H,1-11H2. The minimum atomic E-state index is -2.76. The molecule has 0 amide bonds. The maximum absolute atomic E-state index is 11.7. The lowest BCUT2D eigenvalue weighted by Crippen LogP contribution is -2.49. The second-order valence-electron chi connectivity index (χ2n) is 6.49. The van der Waals surface area contributed by atoms with Crippen molar-refractivity contribution in [3.63, 3.8) is 0 Å². The van der Waals surface area contributed by atoms with Crippen LogP contribution >= 0.6 is 0 Å². The molecule has 2 unspecified atom stereocenters. The maximum Gasteiger partial charge on any atom is 0.151 e. The molecule has 3 fully saturated rings. The Hall–Kier alpha value is -0.130. The van der Waals surface area contributed by atoms with Crippen LogP contribution in [0.15, 0.2) is 0 Å². The Labute approximate surface area is 116 Å². The Morgan fingerprint density at radius 3 is 2.42 bits per heavy atom. The number of hydrogen-bond donors (Lipinski definition) is 1. The van der Waals surface area contributed by atoms with Crippen LogP contribution in [0.3, 0.4) is 0 Å². The van der Waals surface area contributed by atoms with E-state index in [2.05, 4.69) is 10.2 Å². The van der Waals surface area contributed by atoms with Crippen molar-refractivity contribution in [1.82, 2.24) is 10.2 Å². The first-order chi connectivity index (χ1) is 9.14. The first-order valence-corrected chi connectivity index (χ1v) is 9.64. The molecule has 0 aromatic carbocycles.